The maximum absolute atomic E-state index is 13.3. The number of ether oxygens (including phenoxy) is 4. The van der Waals surface area contributed by atoms with Crippen LogP contribution in [0.1, 0.15) is 36.8 Å². The lowest BCUT2D eigenvalue weighted by atomic mass is 9.83. The highest BCUT2D eigenvalue weighted by atomic mass is 16.8. The second-order valence-corrected chi connectivity index (χ2v) is 8.52. The topological polar surface area (TPSA) is 103 Å². The molecule has 31 heavy (non-hydrogen) atoms. The van der Waals surface area contributed by atoms with Gasteiger partial charge in [0.05, 0.1) is 5.57 Å². The largest absolute Gasteiger partial charge is 0.506 e. The molecule has 9 nitrogen and oxygen atoms in total. The van der Waals surface area contributed by atoms with Gasteiger partial charge in [0.15, 0.2) is 29.7 Å². The maximum Gasteiger partial charge on any atom is 0.265 e. The zero-order valence-electron chi connectivity index (χ0n) is 17.7. The molecule has 1 aromatic carbocycles. The molecule has 2 fully saturated rings. The number of carbonyl (C=O) groups is 1. The lowest BCUT2D eigenvalue weighted by molar-refractivity contribution is -0.209. The second kappa shape index (κ2) is 7.16. The van der Waals surface area contributed by atoms with Gasteiger partial charge in [-0.1, -0.05) is 30.3 Å². The van der Waals surface area contributed by atoms with Crippen LogP contribution in [0.5, 0.6) is 5.88 Å². The Bertz CT molecular complexity index is 1040. The van der Waals surface area contributed by atoms with Crippen LogP contribution >= 0.6 is 0 Å². The monoisotopic (exact) mass is 428 g/mol. The lowest BCUT2D eigenvalue weighted by Crippen LogP contribution is -2.51. The van der Waals surface area contributed by atoms with E-state index in [1.165, 1.54) is 0 Å². The van der Waals surface area contributed by atoms with E-state index in [9.17, 15) is 9.90 Å². The van der Waals surface area contributed by atoms with Crippen LogP contribution in [0.25, 0.3) is 5.76 Å². The molecule has 3 aliphatic rings. The summed E-state index contributed by atoms with van der Waals surface area (Å²) in [6.07, 6.45) is -2.63. The number of carbonyl (C=O) groups excluding carboxylic acids is 1. The summed E-state index contributed by atoms with van der Waals surface area (Å²) in [4.78, 5) is 15.2. The fourth-order valence-corrected chi connectivity index (χ4v) is 4.31. The Balaban J connectivity index is 1.54. The molecular weight excluding hydrogens is 404 g/mol. The quantitative estimate of drug-likeness (QED) is 0.787. The average Bonchev–Trinajstić information content (AvgIpc) is 3.27. The highest BCUT2D eigenvalue weighted by Gasteiger charge is 2.57. The molecule has 2 aromatic rings. The molecule has 2 saturated heterocycles. The first-order valence-corrected chi connectivity index (χ1v) is 10.1. The first-order valence-electron chi connectivity index (χ1n) is 10.1. The fourth-order valence-electron chi connectivity index (χ4n) is 4.31. The van der Waals surface area contributed by atoms with Gasteiger partial charge in [0.1, 0.15) is 30.1 Å². The molecule has 1 aliphatic carbocycles. The zero-order chi connectivity index (χ0) is 21.9. The minimum Gasteiger partial charge on any atom is -0.506 e. The van der Waals surface area contributed by atoms with Crippen LogP contribution in [0, 0.1) is 0 Å². The third kappa shape index (κ3) is 3.25. The predicted octanol–water partition coefficient (Wildman–Crippen LogP) is 2.58. The summed E-state index contributed by atoms with van der Waals surface area (Å²) in [6, 6.07) is 9.05. The van der Waals surface area contributed by atoms with Gasteiger partial charge >= 0.3 is 0 Å². The van der Waals surface area contributed by atoms with E-state index in [0.29, 0.717) is 5.76 Å². The molecular formula is C22H24N2O7. The molecule has 0 bridgehead atoms. The first-order chi connectivity index (χ1) is 14.8. The van der Waals surface area contributed by atoms with Crippen LogP contribution in [0.4, 0.5) is 0 Å². The molecule has 0 radical (unpaired) electrons. The molecule has 4 atom stereocenters. The van der Waals surface area contributed by atoms with Gasteiger partial charge in [-0.05, 0) is 38.7 Å². The van der Waals surface area contributed by atoms with Gasteiger partial charge in [-0.3, -0.25) is 9.69 Å². The number of nitrogens with zero attached hydrogens (tertiary/aromatic N) is 2. The van der Waals surface area contributed by atoms with E-state index in [-0.39, 0.29) is 35.2 Å². The average molecular weight is 428 g/mol. The summed E-state index contributed by atoms with van der Waals surface area (Å²) < 4.78 is 29.0. The molecule has 1 aromatic heterocycles. The van der Waals surface area contributed by atoms with Crippen molar-refractivity contribution < 1.29 is 33.4 Å². The molecule has 0 spiro atoms. The van der Waals surface area contributed by atoms with Crippen molar-refractivity contribution in [1.29, 1.82) is 0 Å². The Kier molecular flexibility index (Phi) is 4.67. The Morgan fingerprint density at radius 3 is 2.61 bits per heavy atom. The second-order valence-electron chi connectivity index (χ2n) is 8.52. The van der Waals surface area contributed by atoms with Crippen molar-refractivity contribution >= 4 is 11.5 Å². The molecule has 2 aliphatic heterocycles. The predicted molar refractivity (Wildman–Crippen MR) is 107 cm³/mol. The first kappa shape index (κ1) is 20.2. The van der Waals surface area contributed by atoms with Gasteiger partial charge in [-0.15, -0.1) is 0 Å². The van der Waals surface area contributed by atoms with E-state index in [1.807, 2.05) is 49.3 Å². The van der Waals surface area contributed by atoms with Crippen molar-refractivity contribution in [3.8, 4) is 5.88 Å². The number of likely N-dealkylation sites (N-methyl/N-ethyl adjacent to an activating group) is 1. The van der Waals surface area contributed by atoms with Crippen molar-refractivity contribution in [3.05, 3.63) is 52.8 Å². The number of hydrogen-bond acceptors (Lipinski definition) is 9. The number of aromatic nitrogens is 1. The number of benzene rings is 1. The van der Waals surface area contributed by atoms with E-state index in [1.54, 1.807) is 13.8 Å². The SMILES string of the molecule is CN(C)[C@H]1c2onc(OCc3ccccc3)c2C(O)=C2C(=O)[C@@H]3OC(C)(C)O[C@@H]3O[C@H]21. The normalized spacial score (nSPS) is 29.0. The Morgan fingerprint density at radius 1 is 1.16 bits per heavy atom. The third-order valence-corrected chi connectivity index (χ3v) is 5.66. The van der Waals surface area contributed by atoms with Crippen molar-refractivity contribution in [3.63, 3.8) is 0 Å². The third-order valence-electron chi connectivity index (χ3n) is 5.66. The molecule has 0 unspecified atom stereocenters. The summed E-state index contributed by atoms with van der Waals surface area (Å²) in [6.45, 7) is 3.67. The van der Waals surface area contributed by atoms with Gasteiger partial charge in [0, 0.05) is 0 Å². The number of aliphatic hydroxyl groups is 1. The van der Waals surface area contributed by atoms with Crippen molar-refractivity contribution in [2.75, 3.05) is 14.1 Å². The molecule has 0 saturated carbocycles. The van der Waals surface area contributed by atoms with Gasteiger partial charge in [-0.2, -0.15) is 0 Å². The number of Topliss-reactive ketones (excluding diaryl/α,β-unsaturated/α-hetero) is 1. The molecule has 1 N–H and O–H groups in total. The highest BCUT2D eigenvalue weighted by Crippen LogP contribution is 2.49. The van der Waals surface area contributed by atoms with Crippen LogP contribution in [0.15, 0.2) is 40.4 Å². The van der Waals surface area contributed by atoms with Gasteiger partial charge in [-0.25, -0.2) is 0 Å². The van der Waals surface area contributed by atoms with E-state index >= 15 is 0 Å². The molecule has 5 rings (SSSR count). The van der Waals surface area contributed by atoms with Gasteiger partial charge in [0.2, 0.25) is 0 Å². The maximum atomic E-state index is 13.3. The Labute approximate surface area is 179 Å². The smallest absolute Gasteiger partial charge is 0.265 e. The summed E-state index contributed by atoms with van der Waals surface area (Å²) in [7, 11) is 3.66. The van der Waals surface area contributed by atoms with E-state index in [4.69, 9.17) is 23.5 Å². The van der Waals surface area contributed by atoms with Crippen LogP contribution in [-0.4, -0.2) is 59.3 Å². The summed E-state index contributed by atoms with van der Waals surface area (Å²) >= 11 is 0. The van der Waals surface area contributed by atoms with Gasteiger partial charge in [0.25, 0.3) is 5.88 Å². The minimum atomic E-state index is -0.972. The summed E-state index contributed by atoms with van der Waals surface area (Å²) in [5.41, 5.74) is 1.30. The summed E-state index contributed by atoms with van der Waals surface area (Å²) in [5.74, 6) is -1.13. The number of fused-ring (bicyclic) bond motifs is 3. The highest BCUT2D eigenvalue weighted by molar-refractivity contribution is 6.07. The van der Waals surface area contributed by atoms with E-state index < -0.39 is 30.3 Å². The molecule has 0 amide bonds. The number of rotatable bonds is 4. The van der Waals surface area contributed by atoms with Crippen LogP contribution < -0.4 is 4.74 Å². The van der Waals surface area contributed by atoms with Crippen LogP contribution in [0.3, 0.4) is 0 Å². The summed E-state index contributed by atoms with van der Waals surface area (Å²) in [5, 5.41) is 15.2. The molecule has 9 heteroatoms. The van der Waals surface area contributed by atoms with Crippen molar-refractivity contribution in [2.45, 2.75) is 50.8 Å². The van der Waals surface area contributed by atoms with Crippen LogP contribution in [-0.2, 0) is 25.6 Å². The van der Waals surface area contributed by atoms with Crippen LogP contribution in [0.2, 0.25) is 0 Å². The fraction of sp³-hybridized carbons (Fsp3) is 0.455. The van der Waals surface area contributed by atoms with E-state index in [2.05, 4.69) is 5.16 Å². The molecule has 3 heterocycles. The Hall–Kier alpha value is -2.72. The van der Waals surface area contributed by atoms with Crippen molar-refractivity contribution in [2.24, 2.45) is 0 Å². The van der Waals surface area contributed by atoms with Crippen molar-refractivity contribution in [1.82, 2.24) is 10.1 Å². The molecule has 164 valence electrons. The lowest BCUT2D eigenvalue weighted by Gasteiger charge is -2.40. The number of aliphatic hydroxyl groups excluding tert-OH is 1. The zero-order valence-corrected chi connectivity index (χ0v) is 17.7. The Morgan fingerprint density at radius 2 is 1.90 bits per heavy atom. The standard InChI is InChI=1S/C22H24N2O7/c1-22(2)29-19-16(26)12-15(25)13-18(14(24(3)4)17(12)28-21(19)30-22)31-23-20(13)27-10-11-8-6-5-7-9-11/h5-9,14,17,19,21,25H,10H2,1-4H3/t14-,17-,19+,21+/m1/s1. The number of ketones is 1. The van der Waals surface area contributed by atoms with E-state index in [0.717, 1.165) is 5.56 Å². The minimum absolute atomic E-state index is 0.113. The number of hydrogen-bond donors (Lipinski definition) is 1. The van der Waals surface area contributed by atoms with Gasteiger partial charge < -0.3 is 28.6 Å².